The highest BCUT2D eigenvalue weighted by molar-refractivity contribution is 5.74. The van der Waals surface area contributed by atoms with E-state index in [-0.39, 0.29) is 17.9 Å². The predicted octanol–water partition coefficient (Wildman–Crippen LogP) is 2.38. The largest absolute Gasteiger partial charge is 0.338 e. The van der Waals surface area contributed by atoms with Crippen molar-refractivity contribution >= 4 is 6.03 Å². The minimum atomic E-state index is -0.195. The van der Waals surface area contributed by atoms with Gasteiger partial charge >= 0.3 is 6.03 Å². The third kappa shape index (κ3) is 4.85. The summed E-state index contributed by atoms with van der Waals surface area (Å²) in [6.45, 7) is 6.09. The summed E-state index contributed by atoms with van der Waals surface area (Å²) in [5.41, 5.74) is 1.66. The molecule has 0 aliphatic carbocycles. The van der Waals surface area contributed by atoms with Crippen LogP contribution in [0.2, 0.25) is 0 Å². The maximum Gasteiger partial charge on any atom is 0.314 e. The topological polar surface area (TPSA) is 41.1 Å². The number of nitrogens with one attached hydrogen (secondary N) is 2. The van der Waals surface area contributed by atoms with Crippen LogP contribution in [-0.2, 0) is 6.42 Å². The van der Waals surface area contributed by atoms with Gasteiger partial charge in [-0.15, -0.1) is 0 Å². The van der Waals surface area contributed by atoms with Crippen LogP contribution in [0.25, 0.3) is 0 Å². The van der Waals surface area contributed by atoms with Crippen LogP contribution in [0.1, 0.15) is 25.0 Å². The van der Waals surface area contributed by atoms with Gasteiger partial charge in [-0.25, -0.2) is 9.18 Å². The molecule has 0 radical (unpaired) electrons. The Morgan fingerprint density at radius 1 is 1.41 bits per heavy atom. The van der Waals surface area contributed by atoms with Crippen molar-refractivity contribution in [1.82, 2.24) is 10.6 Å². The van der Waals surface area contributed by atoms with Crippen LogP contribution in [0.4, 0.5) is 9.18 Å². The lowest BCUT2D eigenvalue weighted by Gasteiger charge is -2.10. The highest BCUT2D eigenvalue weighted by Gasteiger charge is 2.02. The van der Waals surface area contributed by atoms with Crippen LogP contribution in [0.3, 0.4) is 0 Å². The average Bonchev–Trinajstić information content (AvgIpc) is 2.22. The molecule has 1 aromatic rings. The fourth-order valence-corrected chi connectivity index (χ4v) is 1.50. The van der Waals surface area contributed by atoms with Crippen molar-refractivity contribution in [2.24, 2.45) is 0 Å². The molecule has 0 saturated carbocycles. The summed E-state index contributed by atoms with van der Waals surface area (Å²) >= 11 is 0. The van der Waals surface area contributed by atoms with E-state index in [0.29, 0.717) is 18.5 Å². The average molecular weight is 238 g/mol. The van der Waals surface area contributed by atoms with Gasteiger partial charge in [0.15, 0.2) is 0 Å². The molecule has 0 saturated heterocycles. The second-order valence-corrected chi connectivity index (χ2v) is 4.39. The number of carbonyl (C=O) groups is 1. The summed E-state index contributed by atoms with van der Waals surface area (Å²) in [5, 5.41) is 5.49. The van der Waals surface area contributed by atoms with Gasteiger partial charge in [0.2, 0.25) is 0 Å². The number of aryl methyl sites for hydroxylation is 1. The quantitative estimate of drug-likeness (QED) is 0.830. The molecule has 2 amide bonds. The first-order chi connectivity index (χ1) is 7.99. The molecule has 0 aliphatic heterocycles. The molecule has 0 fully saturated rings. The van der Waals surface area contributed by atoms with E-state index in [1.807, 2.05) is 13.8 Å². The molecule has 1 rings (SSSR count). The van der Waals surface area contributed by atoms with Crippen molar-refractivity contribution in [2.75, 3.05) is 6.54 Å². The Morgan fingerprint density at radius 2 is 2.12 bits per heavy atom. The zero-order valence-electron chi connectivity index (χ0n) is 10.5. The van der Waals surface area contributed by atoms with Crippen LogP contribution in [0, 0.1) is 12.7 Å². The zero-order chi connectivity index (χ0) is 12.8. The first kappa shape index (κ1) is 13.5. The number of rotatable bonds is 4. The number of carbonyl (C=O) groups excluding carboxylic acids is 1. The number of urea groups is 1. The van der Waals surface area contributed by atoms with E-state index in [4.69, 9.17) is 0 Å². The van der Waals surface area contributed by atoms with E-state index >= 15 is 0 Å². The van der Waals surface area contributed by atoms with Gasteiger partial charge in [-0.05, 0) is 44.4 Å². The lowest BCUT2D eigenvalue weighted by molar-refractivity contribution is 0.238. The highest BCUT2D eigenvalue weighted by atomic mass is 19.1. The third-order valence-corrected chi connectivity index (χ3v) is 2.34. The lowest BCUT2D eigenvalue weighted by atomic mass is 10.1. The van der Waals surface area contributed by atoms with Gasteiger partial charge in [-0.2, -0.15) is 0 Å². The first-order valence-electron chi connectivity index (χ1n) is 5.78. The van der Waals surface area contributed by atoms with Crippen LogP contribution < -0.4 is 10.6 Å². The molecule has 1 aromatic carbocycles. The van der Waals surface area contributed by atoms with Gasteiger partial charge in [0.25, 0.3) is 0 Å². The molecule has 0 aliphatic rings. The predicted molar refractivity (Wildman–Crippen MR) is 66.5 cm³/mol. The van der Waals surface area contributed by atoms with E-state index in [2.05, 4.69) is 10.6 Å². The number of hydrogen-bond donors (Lipinski definition) is 2. The van der Waals surface area contributed by atoms with Crippen molar-refractivity contribution in [3.05, 3.63) is 35.1 Å². The monoisotopic (exact) mass is 238 g/mol. The van der Waals surface area contributed by atoms with Crippen LogP contribution in [0.15, 0.2) is 18.2 Å². The molecule has 0 bridgehead atoms. The van der Waals surface area contributed by atoms with Crippen LogP contribution >= 0.6 is 0 Å². The van der Waals surface area contributed by atoms with E-state index in [1.165, 1.54) is 6.07 Å². The van der Waals surface area contributed by atoms with Gasteiger partial charge < -0.3 is 10.6 Å². The minimum Gasteiger partial charge on any atom is -0.338 e. The molecule has 2 N–H and O–H groups in total. The molecule has 3 nitrogen and oxygen atoms in total. The summed E-state index contributed by atoms with van der Waals surface area (Å²) < 4.78 is 13.0. The Labute approximate surface area is 101 Å². The van der Waals surface area contributed by atoms with Crippen molar-refractivity contribution in [2.45, 2.75) is 33.2 Å². The number of hydrogen-bond acceptors (Lipinski definition) is 1. The van der Waals surface area contributed by atoms with Crippen molar-refractivity contribution in [3.8, 4) is 0 Å². The molecule has 0 heterocycles. The summed E-state index contributed by atoms with van der Waals surface area (Å²) in [4.78, 5) is 11.3. The minimum absolute atomic E-state index is 0.128. The molecule has 4 heteroatoms. The van der Waals surface area contributed by atoms with E-state index < -0.39 is 0 Å². The van der Waals surface area contributed by atoms with E-state index in [0.717, 1.165) is 5.56 Å². The summed E-state index contributed by atoms with van der Waals surface area (Å²) in [5.74, 6) is -0.195. The summed E-state index contributed by atoms with van der Waals surface area (Å²) in [6, 6.07) is 4.96. The Balaban J connectivity index is 2.36. The second-order valence-electron chi connectivity index (χ2n) is 4.39. The second kappa shape index (κ2) is 6.23. The van der Waals surface area contributed by atoms with Crippen molar-refractivity contribution in [3.63, 3.8) is 0 Å². The maximum atomic E-state index is 13.0. The van der Waals surface area contributed by atoms with Crippen molar-refractivity contribution < 1.29 is 9.18 Å². The van der Waals surface area contributed by atoms with Crippen LogP contribution in [-0.4, -0.2) is 18.6 Å². The number of halogens is 1. The normalized spacial score (nSPS) is 10.4. The molecular formula is C13H19FN2O. The fraction of sp³-hybridized carbons (Fsp3) is 0.462. The lowest BCUT2D eigenvalue weighted by Crippen LogP contribution is -2.40. The van der Waals surface area contributed by atoms with Crippen LogP contribution in [0.5, 0.6) is 0 Å². The summed E-state index contributed by atoms with van der Waals surface area (Å²) in [6.07, 6.45) is 0.701. The maximum absolute atomic E-state index is 13.0. The molecular weight excluding hydrogens is 219 g/mol. The first-order valence-corrected chi connectivity index (χ1v) is 5.78. The van der Waals surface area contributed by atoms with Gasteiger partial charge in [-0.3, -0.25) is 0 Å². The number of benzene rings is 1. The van der Waals surface area contributed by atoms with Crippen molar-refractivity contribution in [1.29, 1.82) is 0 Å². The van der Waals surface area contributed by atoms with Gasteiger partial charge in [0.05, 0.1) is 0 Å². The Bertz CT molecular complexity index is 391. The molecule has 0 spiro atoms. The highest BCUT2D eigenvalue weighted by Crippen LogP contribution is 2.09. The Kier molecular flexibility index (Phi) is 4.94. The molecule has 0 atom stereocenters. The van der Waals surface area contributed by atoms with Gasteiger partial charge in [0.1, 0.15) is 5.82 Å². The molecule has 94 valence electrons. The third-order valence-electron chi connectivity index (χ3n) is 2.34. The fourth-order valence-electron chi connectivity index (χ4n) is 1.50. The molecule has 0 aromatic heterocycles. The van der Waals surface area contributed by atoms with E-state index in [1.54, 1.807) is 19.1 Å². The standard InChI is InChI=1S/C13H19FN2O/c1-9(2)16-13(17)15-7-6-11-4-5-12(14)10(3)8-11/h4-5,8-9H,6-7H2,1-3H3,(H2,15,16,17). The van der Waals surface area contributed by atoms with E-state index in [9.17, 15) is 9.18 Å². The Hall–Kier alpha value is -1.58. The number of amides is 2. The van der Waals surface area contributed by atoms with Gasteiger partial charge in [0, 0.05) is 12.6 Å². The molecule has 17 heavy (non-hydrogen) atoms. The summed E-state index contributed by atoms with van der Waals surface area (Å²) in [7, 11) is 0. The zero-order valence-corrected chi connectivity index (χ0v) is 10.5. The Morgan fingerprint density at radius 3 is 2.71 bits per heavy atom. The van der Waals surface area contributed by atoms with Gasteiger partial charge in [-0.1, -0.05) is 12.1 Å². The SMILES string of the molecule is Cc1cc(CCNC(=O)NC(C)C)ccc1F. The smallest absolute Gasteiger partial charge is 0.314 e. The molecule has 0 unspecified atom stereocenters.